The second-order valence-corrected chi connectivity index (χ2v) is 4.72. The molecule has 0 amide bonds. The monoisotopic (exact) mass is 252 g/mol. The van der Waals surface area contributed by atoms with E-state index in [1.54, 1.807) is 6.92 Å². The lowest BCUT2D eigenvalue weighted by molar-refractivity contribution is 0.0120. The van der Waals surface area contributed by atoms with Crippen LogP contribution in [0.25, 0.3) is 0 Å². The molecule has 2 atom stereocenters. The van der Waals surface area contributed by atoms with Gasteiger partial charge in [0.15, 0.2) is 0 Å². The minimum absolute atomic E-state index is 0.0447. The number of phenols is 2. The average Bonchev–Trinajstić information content (AvgIpc) is 2.24. The van der Waals surface area contributed by atoms with E-state index in [-0.39, 0.29) is 22.6 Å². The smallest absolute Gasteiger partial charge is 0.342 e. The van der Waals surface area contributed by atoms with Crippen LogP contribution >= 0.6 is 0 Å². The number of rotatable bonds is 2. The largest absolute Gasteiger partial charge is 0.508 e. The predicted molar refractivity (Wildman–Crippen MR) is 63.7 cm³/mol. The van der Waals surface area contributed by atoms with Crippen molar-refractivity contribution < 1.29 is 24.9 Å². The SMILES string of the molecule is Cc1c(O)cc2c(c1O)C(=O)OC(CC(C)O)C2. The van der Waals surface area contributed by atoms with Crippen molar-refractivity contribution in [2.75, 3.05) is 0 Å². The van der Waals surface area contributed by atoms with Crippen LogP contribution in [-0.4, -0.2) is 33.5 Å². The van der Waals surface area contributed by atoms with Gasteiger partial charge in [-0.3, -0.25) is 0 Å². The standard InChI is InChI=1S/C13H16O5/c1-6(14)3-9-4-8-5-10(15)7(2)12(16)11(8)13(17)18-9/h5-6,9,14-16H,3-4H2,1-2H3. The zero-order valence-electron chi connectivity index (χ0n) is 10.3. The van der Waals surface area contributed by atoms with Gasteiger partial charge < -0.3 is 20.1 Å². The highest BCUT2D eigenvalue weighted by atomic mass is 16.5. The molecule has 5 heteroatoms. The Labute approximate surface area is 105 Å². The summed E-state index contributed by atoms with van der Waals surface area (Å²) in [4.78, 5) is 11.8. The number of phenolic OH excluding ortho intramolecular Hbond substituents is 2. The van der Waals surface area contributed by atoms with Gasteiger partial charge in [0, 0.05) is 18.4 Å². The summed E-state index contributed by atoms with van der Waals surface area (Å²) in [6.07, 6.45) is -0.281. The molecule has 0 aliphatic carbocycles. The molecule has 0 saturated heterocycles. The third-order valence-electron chi connectivity index (χ3n) is 3.14. The zero-order valence-corrected chi connectivity index (χ0v) is 10.3. The molecule has 2 unspecified atom stereocenters. The third kappa shape index (κ3) is 2.13. The Kier molecular flexibility index (Phi) is 3.17. The van der Waals surface area contributed by atoms with Gasteiger partial charge in [-0.25, -0.2) is 4.79 Å². The van der Waals surface area contributed by atoms with Crippen LogP contribution in [-0.2, 0) is 11.2 Å². The average molecular weight is 252 g/mol. The molecule has 0 radical (unpaired) electrons. The van der Waals surface area contributed by atoms with Crippen LogP contribution in [0, 0.1) is 6.92 Å². The number of aliphatic hydroxyl groups excluding tert-OH is 1. The maximum absolute atomic E-state index is 11.8. The zero-order chi connectivity index (χ0) is 13.4. The molecule has 1 aliphatic heterocycles. The van der Waals surface area contributed by atoms with Crippen LogP contribution in [0.4, 0.5) is 0 Å². The lowest BCUT2D eigenvalue weighted by Crippen LogP contribution is -2.30. The number of carbonyl (C=O) groups is 1. The second kappa shape index (κ2) is 4.49. The maximum atomic E-state index is 11.8. The van der Waals surface area contributed by atoms with E-state index in [0.29, 0.717) is 18.4 Å². The van der Waals surface area contributed by atoms with Gasteiger partial charge in [-0.05, 0) is 25.5 Å². The molecule has 1 aliphatic rings. The Morgan fingerprint density at radius 3 is 2.78 bits per heavy atom. The highest BCUT2D eigenvalue weighted by Crippen LogP contribution is 2.37. The predicted octanol–water partition coefficient (Wildman–Crippen LogP) is 1.26. The first-order valence-corrected chi connectivity index (χ1v) is 5.83. The fourth-order valence-electron chi connectivity index (χ4n) is 2.20. The molecule has 0 fully saturated rings. The number of esters is 1. The van der Waals surface area contributed by atoms with Gasteiger partial charge in [-0.2, -0.15) is 0 Å². The summed E-state index contributed by atoms with van der Waals surface area (Å²) >= 11 is 0. The Morgan fingerprint density at radius 2 is 2.17 bits per heavy atom. The van der Waals surface area contributed by atoms with Crippen LogP contribution in [0.15, 0.2) is 6.07 Å². The van der Waals surface area contributed by atoms with Gasteiger partial charge >= 0.3 is 5.97 Å². The fraction of sp³-hybridized carbons (Fsp3) is 0.462. The molecule has 0 spiro atoms. The number of aliphatic hydroxyl groups is 1. The molecule has 1 aromatic carbocycles. The number of cyclic esters (lactones) is 1. The number of benzene rings is 1. The van der Waals surface area contributed by atoms with Crippen molar-refractivity contribution in [3.05, 3.63) is 22.8 Å². The highest BCUT2D eigenvalue weighted by molar-refractivity contribution is 5.96. The van der Waals surface area contributed by atoms with Crippen LogP contribution in [0.3, 0.4) is 0 Å². The molecule has 0 bridgehead atoms. The van der Waals surface area contributed by atoms with Crippen molar-refractivity contribution in [3.63, 3.8) is 0 Å². The van der Waals surface area contributed by atoms with Crippen molar-refractivity contribution >= 4 is 5.97 Å². The van der Waals surface area contributed by atoms with E-state index in [0.717, 1.165) is 0 Å². The molecule has 1 heterocycles. The van der Waals surface area contributed by atoms with Crippen molar-refractivity contribution in [2.45, 2.75) is 38.9 Å². The van der Waals surface area contributed by atoms with E-state index >= 15 is 0 Å². The highest BCUT2D eigenvalue weighted by Gasteiger charge is 2.31. The van der Waals surface area contributed by atoms with Gasteiger partial charge in [0.1, 0.15) is 23.2 Å². The topological polar surface area (TPSA) is 87.0 Å². The quantitative estimate of drug-likeness (QED) is 0.690. The van der Waals surface area contributed by atoms with E-state index in [1.165, 1.54) is 13.0 Å². The fourth-order valence-corrected chi connectivity index (χ4v) is 2.20. The van der Waals surface area contributed by atoms with Crippen LogP contribution < -0.4 is 0 Å². The summed E-state index contributed by atoms with van der Waals surface area (Å²) < 4.78 is 5.16. The number of carbonyl (C=O) groups excluding carboxylic acids is 1. The molecule has 2 rings (SSSR count). The number of hydrogen-bond acceptors (Lipinski definition) is 5. The van der Waals surface area contributed by atoms with Gasteiger partial charge in [0.2, 0.25) is 0 Å². The van der Waals surface area contributed by atoms with E-state index in [1.807, 2.05) is 0 Å². The summed E-state index contributed by atoms with van der Waals surface area (Å²) in [6, 6.07) is 1.47. The minimum atomic E-state index is -0.609. The number of aromatic hydroxyl groups is 2. The van der Waals surface area contributed by atoms with Gasteiger partial charge in [-0.15, -0.1) is 0 Å². The molecule has 0 saturated carbocycles. The van der Waals surface area contributed by atoms with Gasteiger partial charge in [0.05, 0.1) is 6.10 Å². The first kappa shape index (κ1) is 12.7. The Balaban J connectivity index is 2.40. The summed E-state index contributed by atoms with van der Waals surface area (Å²) in [6.45, 7) is 3.15. The van der Waals surface area contributed by atoms with Crippen LogP contribution in [0.1, 0.15) is 34.8 Å². The first-order chi connectivity index (χ1) is 8.40. The number of ether oxygens (including phenoxy) is 1. The number of fused-ring (bicyclic) bond motifs is 1. The van der Waals surface area contributed by atoms with Gasteiger partial charge in [0.25, 0.3) is 0 Å². The lowest BCUT2D eigenvalue weighted by Gasteiger charge is -2.26. The summed E-state index contributed by atoms with van der Waals surface area (Å²) in [5.41, 5.74) is 0.935. The summed E-state index contributed by atoms with van der Waals surface area (Å²) in [5.74, 6) is -0.884. The Hall–Kier alpha value is -1.75. The van der Waals surface area contributed by atoms with Gasteiger partial charge in [-0.1, -0.05) is 0 Å². The molecule has 98 valence electrons. The normalized spacial score (nSPS) is 20.2. The van der Waals surface area contributed by atoms with E-state index in [9.17, 15) is 20.1 Å². The van der Waals surface area contributed by atoms with Crippen molar-refractivity contribution in [3.8, 4) is 11.5 Å². The molecular weight excluding hydrogens is 236 g/mol. The van der Waals surface area contributed by atoms with Crippen molar-refractivity contribution in [2.24, 2.45) is 0 Å². The molecule has 0 aromatic heterocycles. The van der Waals surface area contributed by atoms with E-state index in [4.69, 9.17) is 4.74 Å². The summed E-state index contributed by atoms with van der Waals surface area (Å²) in [7, 11) is 0. The molecule has 1 aromatic rings. The second-order valence-electron chi connectivity index (χ2n) is 4.72. The summed E-state index contributed by atoms with van der Waals surface area (Å²) in [5, 5.41) is 28.8. The van der Waals surface area contributed by atoms with Crippen LogP contribution in [0.2, 0.25) is 0 Å². The first-order valence-electron chi connectivity index (χ1n) is 5.83. The molecular formula is C13H16O5. The van der Waals surface area contributed by atoms with Crippen molar-refractivity contribution in [1.29, 1.82) is 0 Å². The van der Waals surface area contributed by atoms with E-state index in [2.05, 4.69) is 0 Å². The number of hydrogen-bond donors (Lipinski definition) is 3. The Morgan fingerprint density at radius 1 is 1.50 bits per heavy atom. The molecule has 5 nitrogen and oxygen atoms in total. The lowest BCUT2D eigenvalue weighted by atomic mass is 9.93. The van der Waals surface area contributed by atoms with E-state index < -0.39 is 18.2 Å². The molecule has 3 N–H and O–H groups in total. The molecule has 18 heavy (non-hydrogen) atoms. The minimum Gasteiger partial charge on any atom is -0.508 e. The third-order valence-corrected chi connectivity index (χ3v) is 3.14. The van der Waals surface area contributed by atoms with Crippen molar-refractivity contribution in [1.82, 2.24) is 0 Å². The maximum Gasteiger partial charge on any atom is 0.342 e. The van der Waals surface area contributed by atoms with Crippen LogP contribution in [0.5, 0.6) is 11.5 Å². The Bertz CT molecular complexity index is 493.